The SMILES string of the molecule is Cc1ccc(N)cc1C(=O)N(Cc1ccncc1)C1CC1.Cl. The molecule has 0 radical (unpaired) electrons. The molecule has 0 aliphatic heterocycles. The summed E-state index contributed by atoms with van der Waals surface area (Å²) in [5.74, 6) is 0.0686. The first-order valence-corrected chi connectivity index (χ1v) is 7.21. The second kappa shape index (κ2) is 6.79. The van der Waals surface area contributed by atoms with Crippen LogP contribution in [0.25, 0.3) is 0 Å². The number of hydrogen-bond acceptors (Lipinski definition) is 3. The molecule has 2 aromatic rings. The Morgan fingerprint density at radius 3 is 2.59 bits per heavy atom. The lowest BCUT2D eigenvalue weighted by molar-refractivity contribution is 0.0729. The monoisotopic (exact) mass is 317 g/mol. The van der Waals surface area contributed by atoms with Crippen molar-refractivity contribution in [2.24, 2.45) is 0 Å². The molecule has 3 rings (SSSR count). The van der Waals surface area contributed by atoms with Crippen LogP contribution in [0.4, 0.5) is 5.69 Å². The average Bonchev–Trinajstić information content (AvgIpc) is 3.32. The molecule has 116 valence electrons. The van der Waals surface area contributed by atoms with Gasteiger partial charge in [0.2, 0.25) is 0 Å². The van der Waals surface area contributed by atoms with E-state index in [1.54, 1.807) is 18.5 Å². The van der Waals surface area contributed by atoms with E-state index in [1.807, 2.05) is 36.1 Å². The molecular formula is C17H20ClN3O. The lowest BCUT2D eigenvalue weighted by atomic mass is 10.1. The predicted octanol–water partition coefficient (Wildman–Crippen LogP) is 3.20. The fourth-order valence-corrected chi connectivity index (χ4v) is 2.46. The van der Waals surface area contributed by atoms with Gasteiger partial charge < -0.3 is 10.6 Å². The van der Waals surface area contributed by atoms with E-state index in [1.165, 1.54) is 0 Å². The highest BCUT2D eigenvalue weighted by Gasteiger charge is 2.33. The van der Waals surface area contributed by atoms with Crippen molar-refractivity contribution < 1.29 is 4.79 Å². The summed E-state index contributed by atoms with van der Waals surface area (Å²) in [5.41, 5.74) is 9.23. The van der Waals surface area contributed by atoms with Gasteiger partial charge in [0.15, 0.2) is 0 Å². The number of halogens is 1. The average molecular weight is 318 g/mol. The van der Waals surface area contributed by atoms with Crippen LogP contribution < -0.4 is 5.73 Å². The zero-order chi connectivity index (χ0) is 14.8. The number of rotatable bonds is 4. The smallest absolute Gasteiger partial charge is 0.254 e. The first-order valence-electron chi connectivity index (χ1n) is 7.21. The first kappa shape index (κ1) is 16.3. The van der Waals surface area contributed by atoms with Crippen LogP contribution in [0.5, 0.6) is 0 Å². The summed E-state index contributed by atoms with van der Waals surface area (Å²) in [7, 11) is 0. The molecule has 1 aromatic carbocycles. The third-order valence-electron chi connectivity index (χ3n) is 3.84. The highest BCUT2D eigenvalue weighted by molar-refractivity contribution is 5.96. The van der Waals surface area contributed by atoms with Crippen molar-refractivity contribution in [2.75, 3.05) is 5.73 Å². The van der Waals surface area contributed by atoms with Gasteiger partial charge in [-0.15, -0.1) is 12.4 Å². The van der Waals surface area contributed by atoms with Crippen molar-refractivity contribution >= 4 is 24.0 Å². The van der Waals surface area contributed by atoms with Crippen LogP contribution in [0.3, 0.4) is 0 Å². The van der Waals surface area contributed by atoms with E-state index in [0.29, 0.717) is 23.8 Å². The Morgan fingerprint density at radius 2 is 1.95 bits per heavy atom. The van der Waals surface area contributed by atoms with Gasteiger partial charge in [-0.1, -0.05) is 6.07 Å². The lowest BCUT2D eigenvalue weighted by Gasteiger charge is -2.23. The molecule has 0 spiro atoms. The van der Waals surface area contributed by atoms with Crippen LogP contribution >= 0.6 is 12.4 Å². The summed E-state index contributed by atoms with van der Waals surface area (Å²) >= 11 is 0. The molecule has 0 saturated heterocycles. The number of nitrogens with two attached hydrogens (primary N) is 1. The summed E-state index contributed by atoms with van der Waals surface area (Å²) in [6.07, 6.45) is 5.68. The van der Waals surface area contributed by atoms with Gasteiger partial charge >= 0.3 is 0 Å². The van der Waals surface area contributed by atoms with Gasteiger partial charge in [0.05, 0.1) is 0 Å². The van der Waals surface area contributed by atoms with E-state index in [9.17, 15) is 4.79 Å². The van der Waals surface area contributed by atoms with E-state index in [2.05, 4.69) is 4.98 Å². The highest BCUT2D eigenvalue weighted by atomic mass is 35.5. The summed E-state index contributed by atoms with van der Waals surface area (Å²) in [6, 6.07) is 9.77. The van der Waals surface area contributed by atoms with E-state index in [4.69, 9.17) is 5.73 Å². The first-order chi connectivity index (χ1) is 10.1. The van der Waals surface area contributed by atoms with Gasteiger partial charge in [-0.3, -0.25) is 9.78 Å². The fraction of sp³-hybridized carbons (Fsp3) is 0.294. The molecule has 1 aliphatic carbocycles. The number of hydrogen-bond donors (Lipinski definition) is 1. The molecule has 1 heterocycles. The van der Waals surface area contributed by atoms with Gasteiger partial charge in [-0.2, -0.15) is 0 Å². The number of amides is 1. The number of benzene rings is 1. The van der Waals surface area contributed by atoms with Crippen molar-refractivity contribution in [1.29, 1.82) is 0 Å². The Bertz CT molecular complexity index is 656. The number of aryl methyl sites for hydroxylation is 1. The highest BCUT2D eigenvalue weighted by Crippen LogP contribution is 2.30. The van der Waals surface area contributed by atoms with Crippen molar-refractivity contribution in [3.8, 4) is 0 Å². The largest absolute Gasteiger partial charge is 0.399 e. The Morgan fingerprint density at radius 1 is 1.27 bits per heavy atom. The minimum absolute atomic E-state index is 0. The van der Waals surface area contributed by atoms with Crippen LogP contribution in [0.1, 0.15) is 34.3 Å². The number of anilines is 1. The zero-order valence-electron chi connectivity index (χ0n) is 12.5. The third kappa shape index (κ3) is 3.57. The van der Waals surface area contributed by atoms with Gasteiger partial charge in [0.25, 0.3) is 5.91 Å². The number of nitrogens with zero attached hydrogens (tertiary/aromatic N) is 2. The second-order valence-electron chi connectivity index (χ2n) is 5.59. The number of carbonyl (C=O) groups is 1. The minimum atomic E-state index is 0. The summed E-state index contributed by atoms with van der Waals surface area (Å²) in [6.45, 7) is 2.57. The van der Waals surface area contributed by atoms with Crippen molar-refractivity contribution in [3.05, 3.63) is 59.4 Å². The molecule has 1 aliphatic rings. The van der Waals surface area contributed by atoms with E-state index in [0.717, 1.165) is 24.0 Å². The lowest BCUT2D eigenvalue weighted by Crippen LogP contribution is -2.33. The molecule has 1 fully saturated rings. The quantitative estimate of drug-likeness (QED) is 0.881. The second-order valence-corrected chi connectivity index (χ2v) is 5.59. The Labute approximate surface area is 136 Å². The molecule has 0 atom stereocenters. The third-order valence-corrected chi connectivity index (χ3v) is 3.84. The molecule has 5 heteroatoms. The molecule has 1 amide bonds. The zero-order valence-corrected chi connectivity index (χ0v) is 13.3. The van der Waals surface area contributed by atoms with Crippen LogP contribution in [0, 0.1) is 6.92 Å². The molecular weight excluding hydrogens is 298 g/mol. The molecule has 0 bridgehead atoms. The normalized spacial score (nSPS) is 13.3. The van der Waals surface area contributed by atoms with E-state index in [-0.39, 0.29) is 18.3 Å². The topological polar surface area (TPSA) is 59.2 Å². The molecule has 1 aromatic heterocycles. The van der Waals surface area contributed by atoms with E-state index < -0.39 is 0 Å². The molecule has 2 N–H and O–H groups in total. The van der Waals surface area contributed by atoms with Crippen molar-refractivity contribution in [3.63, 3.8) is 0 Å². The van der Waals surface area contributed by atoms with Gasteiger partial charge in [-0.25, -0.2) is 0 Å². The fourth-order valence-electron chi connectivity index (χ4n) is 2.46. The van der Waals surface area contributed by atoms with Crippen LogP contribution in [0.15, 0.2) is 42.7 Å². The van der Waals surface area contributed by atoms with Gasteiger partial charge in [-0.05, 0) is 55.2 Å². The minimum Gasteiger partial charge on any atom is -0.399 e. The summed E-state index contributed by atoms with van der Waals surface area (Å²) in [4.78, 5) is 18.8. The Hall–Kier alpha value is -2.07. The Kier molecular flexibility index (Phi) is 5.03. The number of pyridine rings is 1. The van der Waals surface area contributed by atoms with Crippen LogP contribution in [-0.4, -0.2) is 21.8 Å². The number of aromatic nitrogens is 1. The molecule has 1 saturated carbocycles. The van der Waals surface area contributed by atoms with Crippen molar-refractivity contribution in [1.82, 2.24) is 9.88 Å². The molecule has 0 unspecified atom stereocenters. The summed E-state index contributed by atoms with van der Waals surface area (Å²) in [5, 5.41) is 0. The number of nitrogen functional groups attached to an aromatic ring is 1. The predicted molar refractivity (Wildman–Crippen MR) is 90.0 cm³/mol. The van der Waals surface area contributed by atoms with Gasteiger partial charge in [0.1, 0.15) is 0 Å². The molecule has 4 nitrogen and oxygen atoms in total. The van der Waals surface area contributed by atoms with Crippen LogP contribution in [-0.2, 0) is 6.54 Å². The van der Waals surface area contributed by atoms with E-state index >= 15 is 0 Å². The maximum absolute atomic E-state index is 12.9. The maximum Gasteiger partial charge on any atom is 0.254 e. The van der Waals surface area contributed by atoms with Crippen LogP contribution in [0.2, 0.25) is 0 Å². The van der Waals surface area contributed by atoms with Crippen molar-refractivity contribution in [2.45, 2.75) is 32.4 Å². The number of carbonyl (C=O) groups excluding carboxylic acids is 1. The summed E-state index contributed by atoms with van der Waals surface area (Å²) < 4.78 is 0. The standard InChI is InChI=1S/C17H19N3O.ClH/c1-12-2-3-14(18)10-16(12)17(21)20(15-4-5-15)11-13-6-8-19-9-7-13;/h2-3,6-10,15H,4-5,11,18H2,1H3;1H. The van der Waals surface area contributed by atoms with Gasteiger partial charge in [0, 0.05) is 36.2 Å². The Balaban J connectivity index is 0.00000176. The molecule has 22 heavy (non-hydrogen) atoms. The maximum atomic E-state index is 12.9.